The van der Waals surface area contributed by atoms with Crippen LogP contribution in [0.5, 0.6) is 0 Å². The van der Waals surface area contributed by atoms with Gasteiger partial charge in [-0.05, 0) is 35.0 Å². The molecular formula is C12H14BrF2N5. The van der Waals surface area contributed by atoms with Gasteiger partial charge in [-0.1, -0.05) is 29.8 Å². The van der Waals surface area contributed by atoms with E-state index >= 15 is 0 Å². The van der Waals surface area contributed by atoms with Crippen LogP contribution in [0.1, 0.15) is 19.7 Å². The third-order valence-corrected chi connectivity index (χ3v) is 3.02. The maximum absolute atomic E-state index is 13.9. The van der Waals surface area contributed by atoms with Crippen molar-refractivity contribution in [1.82, 2.24) is 25.5 Å². The fourth-order valence-electron chi connectivity index (χ4n) is 1.70. The second-order valence-electron chi connectivity index (χ2n) is 4.75. The van der Waals surface area contributed by atoms with Crippen molar-refractivity contribution < 1.29 is 8.78 Å². The quantitative estimate of drug-likeness (QED) is 0.904. The zero-order chi connectivity index (χ0) is 14.7. The summed E-state index contributed by atoms with van der Waals surface area (Å²) >= 11 is 3.03. The van der Waals surface area contributed by atoms with Crippen molar-refractivity contribution in [2.45, 2.75) is 20.4 Å². The highest BCUT2D eigenvalue weighted by Crippen LogP contribution is 2.22. The molecule has 0 aliphatic rings. The Kier molecular flexibility index (Phi) is 4.77. The molecule has 0 saturated carbocycles. The fourth-order valence-corrected chi connectivity index (χ4v) is 2.10. The average molecular weight is 346 g/mol. The summed E-state index contributed by atoms with van der Waals surface area (Å²) in [5.41, 5.74) is -0.278. The van der Waals surface area contributed by atoms with Crippen LogP contribution in [0.4, 0.5) is 8.78 Å². The van der Waals surface area contributed by atoms with E-state index in [2.05, 4.69) is 50.6 Å². The maximum Gasteiger partial charge on any atom is 0.170 e. The van der Waals surface area contributed by atoms with E-state index in [0.29, 0.717) is 22.8 Å². The van der Waals surface area contributed by atoms with Crippen LogP contribution < -0.4 is 5.32 Å². The molecule has 0 aliphatic heterocycles. The lowest BCUT2D eigenvalue weighted by atomic mass is 10.2. The summed E-state index contributed by atoms with van der Waals surface area (Å²) < 4.78 is 29.2. The van der Waals surface area contributed by atoms with Crippen LogP contribution in [0.15, 0.2) is 16.6 Å². The van der Waals surface area contributed by atoms with E-state index in [0.717, 1.165) is 11.2 Å². The largest absolute Gasteiger partial charge is 0.310 e. The molecule has 8 heteroatoms. The van der Waals surface area contributed by atoms with Crippen molar-refractivity contribution in [1.29, 1.82) is 0 Å². The van der Waals surface area contributed by atoms with Gasteiger partial charge in [0.05, 0.1) is 6.54 Å². The number of hydrogen-bond acceptors (Lipinski definition) is 4. The lowest BCUT2D eigenvalue weighted by Gasteiger charge is -2.09. The minimum absolute atomic E-state index is 0.278. The number of aromatic nitrogens is 4. The zero-order valence-electron chi connectivity index (χ0n) is 11.1. The van der Waals surface area contributed by atoms with Crippen molar-refractivity contribution in [2.24, 2.45) is 5.92 Å². The van der Waals surface area contributed by atoms with Crippen LogP contribution in [0.3, 0.4) is 0 Å². The first kappa shape index (κ1) is 15.0. The Morgan fingerprint density at radius 1 is 1.30 bits per heavy atom. The maximum atomic E-state index is 13.9. The van der Waals surface area contributed by atoms with Gasteiger partial charge in [0.15, 0.2) is 17.5 Å². The highest BCUT2D eigenvalue weighted by Gasteiger charge is 2.17. The third kappa shape index (κ3) is 3.37. The predicted octanol–water partition coefficient (Wildman–Crippen LogP) is 2.45. The Hall–Kier alpha value is -1.41. The number of rotatable bonds is 5. The summed E-state index contributed by atoms with van der Waals surface area (Å²) in [5, 5.41) is 14.1. The third-order valence-electron chi connectivity index (χ3n) is 2.56. The van der Waals surface area contributed by atoms with E-state index < -0.39 is 11.6 Å². The van der Waals surface area contributed by atoms with Crippen LogP contribution in [-0.4, -0.2) is 26.8 Å². The van der Waals surface area contributed by atoms with E-state index in [9.17, 15) is 8.78 Å². The van der Waals surface area contributed by atoms with Crippen molar-refractivity contribution in [3.8, 4) is 5.69 Å². The van der Waals surface area contributed by atoms with Crippen molar-refractivity contribution in [2.75, 3.05) is 6.54 Å². The summed E-state index contributed by atoms with van der Waals surface area (Å²) in [7, 11) is 0. The van der Waals surface area contributed by atoms with Gasteiger partial charge in [-0.25, -0.2) is 8.78 Å². The zero-order valence-corrected chi connectivity index (χ0v) is 12.7. The van der Waals surface area contributed by atoms with Gasteiger partial charge in [-0.15, -0.1) is 5.10 Å². The van der Waals surface area contributed by atoms with Crippen LogP contribution in [0.2, 0.25) is 0 Å². The number of hydrogen-bond donors (Lipinski definition) is 1. The van der Waals surface area contributed by atoms with Gasteiger partial charge in [0, 0.05) is 4.47 Å². The lowest BCUT2D eigenvalue weighted by molar-refractivity contribution is 0.523. The lowest BCUT2D eigenvalue weighted by Crippen LogP contribution is -2.22. The van der Waals surface area contributed by atoms with E-state index in [4.69, 9.17) is 0 Å². The van der Waals surface area contributed by atoms with Crippen LogP contribution >= 0.6 is 15.9 Å². The Morgan fingerprint density at radius 3 is 2.55 bits per heavy atom. The molecule has 1 heterocycles. The normalized spacial score (nSPS) is 11.3. The molecule has 0 unspecified atom stereocenters. The SMILES string of the molecule is CC(C)CNCc1nnnn1-c1c(F)cc(Br)cc1F. The summed E-state index contributed by atoms with van der Waals surface area (Å²) in [6.07, 6.45) is 0. The number of halogens is 3. The molecule has 0 spiro atoms. The monoisotopic (exact) mass is 345 g/mol. The molecular weight excluding hydrogens is 332 g/mol. The smallest absolute Gasteiger partial charge is 0.170 e. The van der Waals surface area contributed by atoms with Crippen molar-refractivity contribution in [3.63, 3.8) is 0 Å². The van der Waals surface area contributed by atoms with E-state index in [1.807, 2.05) is 0 Å². The number of nitrogens with one attached hydrogen (secondary N) is 1. The number of benzene rings is 1. The van der Waals surface area contributed by atoms with Gasteiger partial charge < -0.3 is 5.32 Å². The minimum Gasteiger partial charge on any atom is -0.310 e. The first-order valence-electron chi connectivity index (χ1n) is 6.12. The average Bonchev–Trinajstić information content (AvgIpc) is 2.75. The van der Waals surface area contributed by atoms with Crippen LogP contribution in [0.25, 0.3) is 5.69 Å². The van der Waals surface area contributed by atoms with E-state index in [1.54, 1.807) is 0 Å². The summed E-state index contributed by atoms with van der Waals surface area (Å²) in [6, 6.07) is 2.34. The molecule has 5 nitrogen and oxygen atoms in total. The predicted molar refractivity (Wildman–Crippen MR) is 73.3 cm³/mol. The first-order valence-corrected chi connectivity index (χ1v) is 6.91. The molecule has 2 aromatic rings. The molecule has 0 atom stereocenters. The molecule has 1 aromatic carbocycles. The van der Waals surface area contributed by atoms with Gasteiger partial charge in [0.2, 0.25) is 0 Å². The first-order chi connectivity index (χ1) is 9.49. The summed E-state index contributed by atoms with van der Waals surface area (Å²) in [4.78, 5) is 0. The fraction of sp³-hybridized carbons (Fsp3) is 0.417. The topological polar surface area (TPSA) is 55.6 Å². The second kappa shape index (κ2) is 6.36. The molecule has 108 valence electrons. The van der Waals surface area contributed by atoms with Gasteiger partial charge >= 0.3 is 0 Å². The van der Waals surface area contributed by atoms with E-state index in [1.165, 1.54) is 12.1 Å². The van der Waals surface area contributed by atoms with Gasteiger partial charge in [-0.2, -0.15) is 4.68 Å². The highest BCUT2D eigenvalue weighted by molar-refractivity contribution is 9.10. The number of tetrazole rings is 1. The molecule has 0 fully saturated rings. The summed E-state index contributed by atoms with van der Waals surface area (Å²) in [5.74, 6) is -0.644. The highest BCUT2D eigenvalue weighted by atomic mass is 79.9. The molecule has 0 saturated heterocycles. The molecule has 0 amide bonds. The minimum atomic E-state index is -0.728. The van der Waals surface area contributed by atoms with Crippen molar-refractivity contribution in [3.05, 3.63) is 34.1 Å². The molecule has 2 rings (SSSR count). The summed E-state index contributed by atoms with van der Waals surface area (Å²) in [6.45, 7) is 5.21. The molecule has 0 radical (unpaired) electrons. The number of nitrogens with zero attached hydrogens (tertiary/aromatic N) is 4. The van der Waals surface area contributed by atoms with Gasteiger partial charge in [0.1, 0.15) is 5.69 Å². The Balaban J connectivity index is 2.28. The Bertz CT molecular complexity index is 576. The standard InChI is InChI=1S/C12H14BrF2N5/c1-7(2)5-16-6-11-17-18-19-20(11)12-9(14)3-8(13)4-10(12)15/h3-4,7,16H,5-6H2,1-2H3. The van der Waals surface area contributed by atoms with Gasteiger partial charge in [0.25, 0.3) is 0 Å². The molecule has 0 bridgehead atoms. The van der Waals surface area contributed by atoms with E-state index in [-0.39, 0.29) is 5.69 Å². The Labute approximate surface area is 123 Å². The van der Waals surface area contributed by atoms with Crippen LogP contribution in [0, 0.1) is 17.6 Å². The molecule has 1 N–H and O–H groups in total. The van der Waals surface area contributed by atoms with Gasteiger partial charge in [-0.3, -0.25) is 0 Å². The molecule has 0 aliphatic carbocycles. The second-order valence-corrected chi connectivity index (χ2v) is 5.67. The molecule has 20 heavy (non-hydrogen) atoms. The van der Waals surface area contributed by atoms with Crippen LogP contribution in [-0.2, 0) is 6.54 Å². The van der Waals surface area contributed by atoms with Crippen molar-refractivity contribution >= 4 is 15.9 Å². The Morgan fingerprint density at radius 2 is 1.95 bits per heavy atom. The molecule has 1 aromatic heterocycles.